The van der Waals surface area contributed by atoms with Gasteiger partial charge < -0.3 is 14.6 Å². The Hall–Kier alpha value is -2.74. The average molecular weight is 313 g/mol. The Kier molecular flexibility index (Phi) is 3.12. The van der Waals surface area contributed by atoms with Crippen LogP contribution >= 0.6 is 0 Å². The van der Waals surface area contributed by atoms with E-state index in [1.54, 1.807) is 0 Å². The second kappa shape index (κ2) is 5.17. The van der Waals surface area contributed by atoms with Crippen molar-refractivity contribution in [1.82, 2.24) is 24.4 Å². The lowest BCUT2D eigenvalue weighted by Crippen LogP contribution is -2.00. The fourth-order valence-electron chi connectivity index (χ4n) is 2.72. The van der Waals surface area contributed by atoms with E-state index in [1.807, 2.05) is 22.9 Å². The Labute approximate surface area is 131 Å². The van der Waals surface area contributed by atoms with Gasteiger partial charge in [0.2, 0.25) is 0 Å². The van der Waals surface area contributed by atoms with Crippen molar-refractivity contribution in [3.05, 3.63) is 47.2 Å². The molecule has 1 fully saturated rings. The molecule has 0 amide bonds. The number of rotatable bonds is 5. The van der Waals surface area contributed by atoms with Crippen molar-refractivity contribution in [3.8, 4) is 0 Å². The molecule has 1 saturated carbocycles. The van der Waals surface area contributed by atoms with Crippen LogP contribution in [0.25, 0.3) is 5.65 Å². The molecule has 2 N–H and O–H groups in total. The van der Waals surface area contributed by atoms with E-state index in [2.05, 4.69) is 15.3 Å². The summed E-state index contributed by atoms with van der Waals surface area (Å²) in [5.74, 6) is -0.521. The molecule has 0 unspecified atom stereocenters. The summed E-state index contributed by atoms with van der Waals surface area (Å²) in [4.78, 5) is 15.4. The van der Waals surface area contributed by atoms with Crippen LogP contribution in [-0.2, 0) is 13.2 Å². The number of nitrogens with zero attached hydrogens (tertiary/aromatic N) is 5. The van der Waals surface area contributed by atoms with Gasteiger partial charge in [0.25, 0.3) is 0 Å². The minimum absolute atomic E-state index is 0.0625. The third-order valence-electron chi connectivity index (χ3n) is 4.00. The predicted molar refractivity (Wildman–Crippen MR) is 79.2 cm³/mol. The maximum atomic E-state index is 10.8. The highest BCUT2D eigenvalue weighted by Gasteiger charge is 2.25. The number of imidazole rings is 1. The van der Waals surface area contributed by atoms with Gasteiger partial charge in [0.1, 0.15) is 5.65 Å². The topological polar surface area (TPSA) is 106 Å². The minimum atomic E-state index is -1.11. The van der Waals surface area contributed by atoms with Crippen LogP contribution in [0.2, 0.25) is 0 Å². The first-order chi connectivity index (χ1) is 11.1. The predicted octanol–water partition coefficient (Wildman–Crippen LogP) is 1.04. The molecule has 4 rings (SSSR count). The van der Waals surface area contributed by atoms with E-state index in [0.29, 0.717) is 18.1 Å². The highest BCUT2D eigenvalue weighted by atomic mass is 16.4. The highest BCUT2D eigenvalue weighted by Crippen LogP contribution is 2.40. The van der Waals surface area contributed by atoms with Crippen LogP contribution in [0.4, 0.5) is 0 Å². The SMILES string of the molecule is O=C(O)c1cn(Cc2cn3cc(C4CC4)cc(CO)c3n2)nn1. The Morgan fingerprint density at radius 2 is 2.13 bits per heavy atom. The van der Waals surface area contributed by atoms with Crippen molar-refractivity contribution in [1.29, 1.82) is 0 Å². The van der Waals surface area contributed by atoms with E-state index < -0.39 is 5.97 Å². The molecule has 1 aliphatic rings. The van der Waals surface area contributed by atoms with Crippen LogP contribution in [0, 0.1) is 0 Å². The maximum absolute atomic E-state index is 10.8. The molecular formula is C15H15N5O3. The maximum Gasteiger partial charge on any atom is 0.358 e. The van der Waals surface area contributed by atoms with Gasteiger partial charge >= 0.3 is 5.97 Å². The lowest BCUT2D eigenvalue weighted by atomic mass is 10.1. The number of hydrogen-bond donors (Lipinski definition) is 2. The Balaban J connectivity index is 1.68. The monoisotopic (exact) mass is 313 g/mol. The molecule has 8 nitrogen and oxygen atoms in total. The van der Waals surface area contributed by atoms with Gasteiger partial charge in [0, 0.05) is 18.0 Å². The molecular weight excluding hydrogens is 298 g/mol. The van der Waals surface area contributed by atoms with Gasteiger partial charge in [0.15, 0.2) is 5.69 Å². The van der Waals surface area contributed by atoms with E-state index in [1.165, 1.54) is 29.3 Å². The molecule has 3 heterocycles. The number of carboxylic acids is 1. The number of pyridine rings is 1. The third-order valence-corrected chi connectivity index (χ3v) is 4.00. The molecule has 0 atom stereocenters. The quantitative estimate of drug-likeness (QED) is 0.729. The summed E-state index contributed by atoms with van der Waals surface area (Å²) in [5.41, 5.74) is 3.37. The molecule has 118 valence electrons. The Bertz CT molecular complexity index is 894. The number of aliphatic hydroxyl groups is 1. The number of carboxylic acid groups (broad SMARTS) is 1. The average Bonchev–Trinajstić information content (AvgIpc) is 3.14. The van der Waals surface area contributed by atoms with Crippen molar-refractivity contribution in [3.63, 3.8) is 0 Å². The first-order valence-electron chi connectivity index (χ1n) is 7.38. The van der Waals surface area contributed by atoms with Gasteiger partial charge in [-0.15, -0.1) is 5.10 Å². The van der Waals surface area contributed by atoms with Gasteiger partial charge in [0.05, 0.1) is 25.0 Å². The van der Waals surface area contributed by atoms with E-state index >= 15 is 0 Å². The Morgan fingerprint density at radius 3 is 2.78 bits per heavy atom. The lowest BCUT2D eigenvalue weighted by molar-refractivity contribution is 0.0690. The van der Waals surface area contributed by atoms with Crippen LogP contribution in [0.5, 0.6) is 0 Å². The number of fused-ring (bicyclic) bond motifs is 1. The van der Waals surface area contributed by atoms with E-state index in [4.69, 9.17) is 5.11 Å². The zero-order valence-corrected chi connectivity index (χ0v) is 12.3. The third kappa shape index (κ3) is 2.57. The van der Waals surface area contributed by atoms with Crippen LogP contribution in [0.15, 0.2) is 24.7 Å². The standard InChI is InChI=1S/C15H15N5O3/c21-8-11-3-10(9-1-2-9)4-19-5-12(16-14(11)19)6-20-7-13(15(22)23)17-18-20/h3-5,7,9,21H,1-2,6,8H2,(H,22,23). The summed E-state index contributed by atoms with van der Waals surface area (Å²) < 4.78 is 3.36. The number of aliphatic hydroxyl groups excluding tert-OH is 1. The van der Waals surface area contributed by atoms with Crippen LogP contribution in [0.1, 0.15) is 46.1 Å². The zero-order chi connectivity index (χ0) is 16.0. The number of aromatic carboxylic acids is 1. The molecule has 0 saturated heterocycles. The van der Waals surface area contributed by atoms with Crippen LogP contribution in [-0.4, -0.2) is 40.6 Å². The molecule has 8 heteroatoms. The largest absolute Gasteiger partial charge is 0.476 e. The van der Waals surface area contributed by atoms with E-state index in [-0.39, 0.29) is 12.3 Å². The van der Waals surface area contributed by atoms with Crippen LogP contribution in [0.3, 0.4) is 0 Å². The van der Waals surface area contributed by atoms with Crippen molar-refractivity contribution >= 4 is 11.6 Å². The highest BCUT2D eigenvalue weighted by molar-refractivity contribution is 5.84. The number of hydrogen-bond acceptors (Lipinski definition) is 5. The smallest absolute Gasteiger partial charge is 0.358 e. The summed E-state index contributed by atoms with van der Waals surface area (Å²) in [7, 11) is 0. The summed E-state index contributed by atoms with van der Waals surface area (Å²) >= 11 is 0. The number of carbonyl (C=O) groups is 1. The van der Waals surface area contributed by atoms with Crippen molar-refractivity contribution < 1.29 is 15.0 Å². The first kappa shape index (κ1) is 13.9. The summed E-state index contributed by atoms with van der Waals surface area (Å²) in [5, 5.41) is 25.8. The van der Waals surface area contributed by atoms with Crippen molar-refractivity contribution in [2.45, 2.75) is 31.9 Å². The molecule has 0 spiro atoms. The summed E-state index contributed by atoms with van der Waals surface area (Å²) in [6, 6.07) is 2.02. The van der Waals surface area contributed by atoms with Gasteiger partial charge in [-0.2, -0.15) is 0 Å². The van der Waals surface area contributed by atoms with Crippen LogP contribution < -0.4 is 0 Å². The normalized spacial score (nSPS) is 14.5. The van der Waals surface area contributed by atoms with Crippen molar-refractivity contribution in [2.24, 2.45) is 0 Å². The second-order valence-corrected chi connectivity index (χ2v) is 5.80. The van der Waals surface area contributed by atoms with Gasteiger partial charge in [-0.3, -0.25) is 0 Å². The molecule has 3 aromatic heterocycles. The van der Waals surface area contributed by atoms with Gasteiger partial charge in [-0.05, 0) is 30.4 Å². The number of aromatic nitrogens is 5. The minimum Gasteiger partial charge on any atom is -0.476 e. The summed E-state index contributed by atoms with van der Waals surface area (Å²) in [6.07, 6.45) is 7.67. The molecule has 0 aliphatic heterocycles. The molecule has 1 aliphatic carbocycles. The first-order valence-corrected chi connectivity index (χ1v) is 7.38. The lowest BCUT2D eigenvalue weighted by Gasteiger charge is -2.04. The van der Waals surface area contributed by atoms with E-state index in [0.717, 1.165) is 11.3 Å². The van der Waals surface area contributed by atoms with Gasteiger partial charge in [-0.1, -0.05) is 5.21 Å². The second-order valence-electron chi connectivity index (χ2n) is 5.80. The van der Waals surface area contributed by atoms with Crippen molar-refractivity contribution in [2.75, 3.05) is 0 Å². The zero-order valence-electron chi connectivity index (χ0n) is 12.3. The molecule has 3 aromatic rings. The Morgan fingerprint density at radius 1 is 1.30 bits per heavy atom. The molecule has 0 radical (unpaired) electrons. The molecule has 0 aromatic carbocycles. The molecule has 23 heavy (non-hydrogen) atoms. The summed E-state index contributed by atoms with van der Waals surface area (Å²) in [6.45, 7) is 0.262. The van der Waals surface area contributed by atoms with Gasteiger partial charge in [-0.25, -0.2) is 14.5 Å². The fraction of sp³-hybridized carbons (Fsp3) is 0.333. The van der Waals surface area contributed by atoms with E-state index in [9.17, 15) is 9.90 Å². The fourth-order valence-corrected chi connectivity index (χ4v) is 2.72. The molecule has 0 bridgehead atoms.